The molecule has 0 radical (unpaired) electrons. The third kappa shape index (κ3) is 4.13. The van der Waals surface area contributed by atoms with Crippen LogP contribution in [0.25, 0.3) is 0 Å². The normalized spacial score (nSPS) is 18.2. The maximum Gasteiger partial charge on any atom is 0.338 e. The number of carbonyl (C=O) groups is 1. The Bertz CT molecular complexity index is 501. The molecular formula is C17H25NO3. The van der Waals surface area contributed by atoms with Gasteiger partial charge in [-0.15, -0.1) is 0 Å². The lowest BCUT2D eigenvalue weighted by molar-refractivity contribution is 0.00951. The second-order valence-electron chi connectivity index (χ2n) is 6.45. The fourth-order valence-corrected chi connectivity index (χ4v) is 2.67. The minimum absolute atomic E-state index is 0.0262. The summed E-state index contributed by atoms with van der Waals surface area (Å²) in [6.45, 7) is 6.97. The van der Waals surface area contributed by atoms with Crippen molar-refractivity contribution in [2.75, 3.05) is 12.3 Å². The summed E-state index contributed by atoms with van der Waals surface area (Å²) in [6, 6.07) is 5.05. The van der Waals surface area contributed by atoms with E-state index in [-0.39, 0.29) is 12.1 Å². The van der Waals surface area contributed by atoms with Crippen molar-refractivity contribution in [2.45, 2.75) is 52.6 Å². The molecule has 0 aromatic heterocycles. The molecule has 1 aromatic carbocycles. The first-order valence-electron chi connectivity index (χ1n) is 7.64. The molecule has 0 amide bonds. The molecule has 0 atom stereocenters. The van der Waals surface area contributed by atoms with E-state index in [9.17, 15) is 4.79 Å². The predicted octanol–water partition coefficient (Wildman–Crippen LogP) is 3.79. The maximum atomic E-state index is 12.2. The zero-order chi connectivity index (χ0) is 15.5. The fraction of sp³-hybridized carbons (Fsp3) is 0.588. The Morgan fingerprint density at radius 2 is 2.00 bits per heavy atom. The van der Waals surface area contributed by atoms with Gasteiger partial charge in [-0.05, 0) is 56.2 Å². The average molecular weight is 291 g/mol. The van der Waals surface area contributed by atoms with E-state index in [4.69, 9.17) is 15.2 Å². The molecule has 0 aliphatic heterocycles. The molecule has 1 aliphatic rings. The summed E-state index contributed by atoms with van der Waals surface area (Å²) in [5, 5.41) is 0. The summed E-state index contributed by atoms with van der Waals surface area (Å²) >= 11 is 0. The van der Waals surface area contributed by atoms with Crippen LogP contribution in [0, 0.1) is 5.41 Å². The first kappa shape index (κ1) is 15.7. The molecule has 0 unspecified atom stereocenters. The third-order valence-corrected chi connectivity index (χ3v) is 4.11. The predicted molar refractivity (Wildman–Crippen MR) is 83.5 cm³/mol. The molecule has 2 N–H and O–H groups in total. The third-order valence-electron chi connectivity index (χ3n) is 4.11. The number of nitrogen functional groups attached to an aromatic ring is 1. The monoisotopic (exact) mass is 291 g/mol. The Morgan fingerprint density at radius 3 is 2.57 bits per heavy atom. The van der Waals surface area contributed by atoms with E-state index in [0.29, 0.717) is 29.0 Å². The van der Waals surface area contributed by atoms with Crippen LogP contribution >= 0.6 is 0 Å². The van der Waals surface area contributed by atoms with Crippen LogP contribution in [0.2, 0.25) is 0 Å². The number of carbonyl (C=O) groups excluding carboxylic acids is 1. The van der Waals surface area contributed by atoms with Crippen LogP contribution in [-0.4, -0.2) is 18.7 Å². The van der Waals surface area contributed by atoms with E-state index >= 15 is 0 Å². The first-order chi connectivity index (χ1) is 9.91. The van der Waals surface area contributed by atoms with Crippen LogP contribution in [0.3, 0.4) is 0 Å². The zero-order valence-corrected chi connectivity index (χ0v) is 13.1. The number of ether oxygens (including phenoxy) is 2. The van der Waals surface area contributed by atoms with Crippen molar-refractivity contribution >= 4 is 11.7 Å². The van der Waals surface area contributed by atoms with Gasteiger partial charge in [-0.1, -0.05) is 13.8 Å². The zero-order valence-electron chi connectivity index (χ0n) is 13.1. The highest BCUT2D eigenvalue weighted by molar-refractivity contribution is 5.91. The molecule has 4 heteroatoms. The summed E-state index contributed by atoms with van der Waals surface area (Å²) < 4.78 is 11.0. The number of nitrogens with two attached hydrogens (primary N) is 1. The van der Waals surface area contributed by atoms with Crippen molar-refractivity contribution in [3.05, 3.63) is 23.8 Å². The molecule has 4 nitrogen and oxygen atoms in total. The number of benzene rings is 1. The summed E-state index contributed by atoms with van der Waals surface area (Å²) in [5.74, 6) is 0.308. The van der Waals surface area contributed by atoms with Gasteiger partial charge < -0.3 is 15.2 Å². The Balaban J connectivity index is 1.96. The Morgan fingerprint density at radius 1 is 1.33 bits per heavy atom. The van der Waals surface area contributed by atoms with Crippen LogP contribution in [0.4, 0.5) is 5.69 Å². The van der Waals surface area contributed by atoms with Crippen molar-refractivity contribution < 1.29 is 14.3 Å². The second kappa shape index (κ2) is 6.37. The fourth-order valence-electron chi connectivity index (χ4n) is 2.67. The quantitative estimate of drug-likeness (QED) is 0.677. The minimum Gasteiger partial charge on any atom is -0.492 e. The van der Waals surface area contributed by atoms with Crippen LogP contribution in [0.1, 0.15) is 56.8 Å². The van der Waals surface area contributed by atoms with Crippen LogP contribution < -0.4 is 10.5 Å². The van der Waals surface area contributed by atoms with Gasteiger partial charge in [0.1, 0.15) is 11.9 Å². The Labute approximate surface area is 126 Å². The van der Waals surface area contributed by atoms with E-state index in [1.165, 1.54) is 0 Å². The largest absolute Gasteiger partial charge is 0.492 e. The molecule has 1 fully saturated rings. The molecular weight excluding hydrogens is 266 g/mol. The van der Waals surface area contributed by atoms with Crippen molar-refractivity contribution in [3.63, 3.8) is 0 Å². The van der Waals surface area contributed by atoms with Gasteiger partial charge in [-0.3, -0.25) is 0 Å². The number of esters is 1. The summed E-state index contributed by atoms with van der Waals surface area (Å²) in [4.78, 5) is 12.2. The average Bonchev–Trinajstić information content (AvgIpc) is 2.43. The highest BCUT2D eigenvalue weighted by Gasteiger charge is 2.29. The van der Waals surface area contributed by atoms with Gasteiger partial charge >= 0.3 is 5.97 Å². The van der Waals surface area contributed by atoms with Crippen LogP contribution in [-0.2, 0) is 4.74 Å². The molecule has 0 saturated heterocycles. The van der Waals surface area contributed by atoms with E-state index in [0.717, 1.165) is 25.7 Å². The first-order valence-corrected chi connectivity index (χ1v) is 7.64. The van der Waals surface area contributed by atoms with E-state index < -0.39 is 0 Å². The molecule has 0 bridgehead atoms. The standard InChI is InChI=1S/C17H25NO3/c1-4-20-15-6-5-12(11-14(15)18)16(19)21-13-7-9-17(2,3)10-8-13/h5-6,11,13H,4,7-10,18H2,1-3H3. The smallest absolute Gasteiger partial charge is 0.338 e. The lowest BCUT2D eigenvalue weighted by Gasteiger charge is -2.33. The molecule has 2 rings (SSSR count). The molecule has 21 heavy (non-hydrogen) atoms. The van der Waals surface area contributed by atoms with Gasteiger partial charge in [0, 0.05) is 0 Å². The second-order valence-corrected chi connectivity index (χ2v) is 6.45. The van der Waals surface area contributed by atoms with Gasteiger partial charge in [-0.2, -0.15) is 0 Å². The van der Waals surface area contributed by atoms with Crippen molar-refractivity contribution in [1.29, 1.82) is 0 Å². The number of anilines is 1. The Kier molecular flexibility index (Phi) is 4.76. The summed E-state index contributed by atoms with van der Waals surface area (Å²) in [6.07, 6.45) is 4.08. The van der Waals surface area contributed by atoms with Gasteiger partial charge in [0.25, 0.3) is 0 Å². The topological polar surface area (TPSA) is 61.5 Å². The number of hydrogen-bond acceptors (Lipinski definition) is 4. The molecule has 116 valence electrons. The van der Waals surface area contributed by atoms with Gasteiger partial charge in [0.15, 0.2) is 0 Å². The molecule has 0 heterocycles. The Hall–Kier alpha value is -1.71. The van der Waals surface area contributed by atoms with Gasteiger partial charge in [-0.25, -0.2) is 4.79 Å². The molecule has 1 saturated carbocycles. The summed E-state index contributed by atoms with van der Waals surface area (Å²) in [5.41, 5.74) is 7.20. The van der Waals surface area contributed by atoms with E-state index in [1.54, 1.807) is 18.2 Å². The number of hydrogen-bond donors (Lipinski definition) is 1. The minimum atomic E-state index is -0.297. The maximum absolute atomic E-state index is 12.2. The van der Waals surface area contributed by atoms with Gasteiger partial charge in [0.05, 0.1) is 17.9 Å². The number of rotatable bonds is 4. The van der Waals surface area contributed by atoms with Crippen LogP contribution in [0.15, 0.2) is 18.2 Å². The molecule has 1 aromatic rings. The van der Waals surface area contributed by atoms with E-state index in [2.05, 4.69) is 13.8 Å². The summed E-state index contributed by atoms with van der Waals surface area (Å²) in [7, 11) is 0. The highest BCUT2D eigenvalue weighted by Crippen LogP contribution is 2.36. The van der Waals surface area contributed by atoms with Crippen molar-refractivity contribution in [1.82, 2.24) is 0 Å². The van der Waals surface area contributed by atoms with Crippen LogP contribution in [0.5, 0.6) is 5.75 Å². The van der Waals surface area contributed by atoms with Gasteiger partial charge in [0.2, 0.25) is 0 Å². The lowest BCUT2D eigenvalue weighted by atomic mass is 9.76. The van der Waals surface area contributed by atoms with Crippen molar-refractivity contribution in [3.8, 4) is 5.75 Å². The van der Waals surface area contributed by atoms with E-state index in [1.807, 2.05) is 6.92 Å². The molecule has 1 aliphatic carbocycles. The highest BCUT2D eigenvalue weighted by atomic mass is 16.5. The van der Waals surface area contributed by atoms with Crippen molar-refractivity contribution in [2.24, 2.45) is 5.41 Å². The molecule has 0 spiro atoms. The lowest BCUT2D eigenvalue weighted by Crippen LogP contribution is -2.28. The SMILES string of the molecule is CCOc1ccc(C(=O)OC2CCC(C)(C)CC2)cc1N.